The summed E-state index contributed by atoms with van der Waals surface area (Å²) in [4.78, 5) is 1.21. The minimum atomic E-state index is -4.28. The summed E-state index contributed by atoms with van der Waals surface area (Å²) in [5, 5.41) is 0. The van der Waals surface area contributed by atoms with Gasteiger partial charge in [-0.3, -0.25) is 4.90 Å². The molecule has 0 saturated carbocycles. The van der Waals surface area contributed by atoms with Gasteiger partial charge in [0, 0.05) is 32.7 Å². The van der Waals surface area contributed by atoms with E-state index in [4.69, 9.17) is 9.47 Å². The molecule has 6 nitrogen and oxygen atoms in total. The highest BCUT2D eigenvalue weighted by molar-refractivity contribution is 7.89. The van der Waals surface area contributed by atoms with Crippen molar-refractivity contribution in [1.82, 2.24) is 9.21 Å². The first-order valence-electron chi connectivity index (χ1n) is 11.8. The number of methoxy groups -OCH3 is 1. The Labute approximate surface area is 211 Å². The van der Waals surface area contributed by atoms with E-state index in [2.05, 4.69) is 4.90 Å². The molecule has 0 amide bonds. The zero-order valence-corrected chi connectivity index (χ0v) is 21.2. The molecule has 3 aromatic carbocycles. The van der Waals surface area contributed by atoms with Crippen molar-refractivity contribution in [2.24, 2.45) is 0 Å². The number of halogens is 2. The van der Waals surface area contributed by atoms with E-state index in [1.807, 2.05) is 55.5 Å². The number of aryl methyl sites for hydroxylation is 1. The first-order chi connectivity index (χ1) is 17.3. The Kier molecular flexibility index (Phi) is 8.35. The van der Waals surface area contributed by atoms with E-state index in [1.165, 1.54) is 5.56 Å². The molecule has 1 fully saturated rings. The second-order valence-electron chi connectivity index (χ2n) is 8.82. The highest BCUT2D eigenvalue weighted by atomic mass is 32.2. The van der Waals surface area contributed by atoms with Gasteiger partial charge in [0.2, 0.25) is 10.0 Å². The highest BCUT2D eigenvalue weighted by Crippen LogP contribution is 2.27. The molecule has 0 bridgehead atoms. The number of nitrogens with zero attached hydrogens (tertiary/aromatic N) is 2. The summed E-state index contributed by atoms with van der Waals surface area (Å²) in [7, 11) is -2.67. The van der Waals surface area contributed by atoms with Crippen molar-refractivity contribution in [3.8, 4) is 5.75 Å². The number of benzene rings is 3. The lowest BCUT2D eigenvalue weighted by atomic mass is 10.1. The zero-order valence-electron chi connectivity index (χ0n) is 20.4. The molecular weight excluding hydrogens is 486 g/mol. The van der Waals surface area contributed by atoms with Gasteiger partial charge in [-0.15, -0.1) is 0 Å². The molecule has 0 radical (unpaired) electrons. The fraction of sp³-hybridized carbons (Fsp3) is 0.333. The number of hydrogen-bond acceptors (Lipinski definition) is 5. The van der Waals surface area contributed by atoms with Crippen LogP contribution in [0.15, 0.2) is 71.6 Å². The number of ether oxygens (including phenoxy) is 2. The molecule has 1 aliphatic heterocycles. The third kappa shape index (κ3) is 6.10. The minimum absolute atomic E-state index is 0.124. The Morgan fingerprint density at radius 1 is 0.917 bits per heavy atom. The van der Waals surface area contributed by atoms with E-state index in [1.54, 1.807) is 7.11 Å². The zero-order chi connectivity index (χ0) is 25.7. The molecule has 1 aliphatic rings. The van der Waals surface area contributed by atoms with E-state index < -0.39 is 26.6 Å². The van der Waals surface area contributed by atoms with Crippen LogP contribution in [0.2, 0.25) is 0 Å². The SMILES string of the molecule is COc1cccc(C(CN2CCN(S(=O)(=O)c3c(F)cccc3F)CC2)OCc2ccc(C)cc2)c1. The van der Waals surface area contributed by atoms with E-state index >= 15 is 0 Å². The van der Waals surface area contributed by atoms with Gasteiger partial charge >= 0.3 is 0 Å². The van der Waals surface area contributed by atoms with Gasteiger partial charge in [-0.2, -0.15) is 4.31 Å². The number of sulfonamides is 1. The van der Waals surface area contributed by atoms with Crippen LogP contribution in [0, 0.1) is 18.6 Å². The molecule has 0 spiro atoms. The lowest BCUT2D eigenvalue weighted by molar-refractivity contribution is 0.00761. The normalized spacial score (nSPS) is 16.1. The van der Waals surface area contributed by atoms with Crippen LogP contribution in [0.25, 0.3) is 0 Å². The number of piperazine rings is 1. The fourth-order valence-corrected chi connectivity index (χ4v) is 5.75. The standard InChI is InChI=1S/C27H30F2N2O4S/c1-20-9-11-21(12-10-20)19-35-26(22-5-3-6-23(17-22)34-2)18-30-13-15-31(16-14-30)36(32,33)27-24(28)7-4-8-25(27)29/h3-12,17,26H,13-16,18-19H2,1-2H3. The number of hydrogen-bond donors (Lipinski definition) is 0. The van der Waals surface area contributed by atoms with Gasteiger partial charge < -0.3 is 9.47 Å². The van der Waals surface area contributed by atoms with E-state index in [-0.39, 0.29) is 19.2 Å². The van der Waals surface area contributed by atoms with Crippen molar-refractivity contribution in [2.75, 3.05) is 39.8 Å². The Morgan fingerprint density at radius 2 is 1.56 bits per heavy atom. The summed E-state index contributed by atoms with van der Waals surface area (Å²) < 4.78 is 67.0. The molecule has 1 atom stereocenters. The minimum Gasteiger partial charge on any atom is -0.497 e. The Balaban J connectivity index is 1.45. The van der Waals surface area contributed by atoms with Crippen molar-refractivity contribution < 1.29 is 26.7 Å². The highest BCUT2D eigenvalue weighted by Gasteiger charge is 2.33. The van der Waals surface area contributed by atoms with Crippen molar-refractivity contribution in [3.63, 3.8) is 0 Å². The lowest BCUT2D eigenvalue weighted by Crippen LogP contribution is -2.49. The molecule has 1 saturated heterocycles. The summed E-state index contributed by atoms with van der Waals surface area (Å²) in [5.74, 6) is -1.45. The molecule has 1 heterocycles. The number of rotatable bonds is 9. The molecular formula is C27H30F2N2O4S. The van der Waals surface area contributed by atoms with Crippen molar-refractivity contribution in [2.45, 2.75) is 24.5 Å². The first-order valence-corrected chi connectivity index (χ1v) is 13.2. The maximum absolute atomic E-state index is 14.2. The van der Waals surface area contributed by atoms with Crippen molar-refractivity contribution >= 4 is 10.0 Å². The lowest BCUT2D eigenvalue weighted by Gasteiger charge is -2.36. The van der Waals surface area contributed by atoms with Crippen LogP contribution in [0.4, 0.5) is 8.78 Å². The van der Waals surface area contributed by atoms with E-state index in [9.17, 15) is 17.2 Å². The molecule has 9 heteroatoms. The monoisotopic (exact) mass is 516 g/mol. The van der Waals surface area contributed by atoms with Crippen LogP contribution in [0.3, 0.4) is 0 Å². The topological polar surface area (TPSA) is 59.1 Å². The second-order valence-corrected chi connectivity index (χ2v) is 10.7. The summed E-state index contributed by atoms with van der Waals surface area (Å²) in [6.45, 7) is 4.04. The molecule has 1 unspecified atom stereocenters. The quantitative estimate of drug-likeness (QED) is 0.418. The average Bonchev–Trinajstić information content (AvgIpc) is 2.87. The van der Waals surface area contributed by atoms with E-state index in [0.29, 0.717) is 26.2 Å². The summed E-state index contributed by atoms with van der Waals surface area (Å²) in [6, 6.07) is 18.9. The maximum atomic E-state index is 14.2. The van der Waals surface area contributed by atoms with Crippen molar-refractivity contribution in [1.29, 1.82) is 0 Å². The van der Waals surface area contributed by atoms with Gasteiger partial charge in [-0.25, -0.2) is 17.2 Å². The van der Waals surface area contributed by atoms with Crippen LogP contribution >= 0.6 is 0 Å². The predicted octanol–water partition coefficient (Wildman–Crippen LogP) is 4.55. The largest absolute Gasteiger partial charge is 0.497 e. The van der Waals surface area contributed by atoms with Crippen LogP contribution in [0.5, 0.6) is 5.75 Å². The van der Waals surface area contributed by atoms with Crippen LogP contribution in [-0.2, 0) is 21.4 Å². The molecule has 0 aliphatic carbocycles. The third-order valence-corrected chi connectivity index (χ3v) is 8.26. The van der Waals surface area contributed by atoms with Gasteiger partial charge in [-0.1, -0.05) is 48.0 Å². The molecule has 0 N–H and O–H groups in total. The summed E-state index contributed by atoms with van der Waals surface area (Å²) in [6.07, 6.45) is -0.284. The molecule has 36 heavy (non-hydrogen) atoms. The van der Waals surface area contributed by atoms with Gasteiger partial charge in [0.15, 0.2) is 4.90 Å². The predicted molar refractivity (Wildman–Crippen MR) is 133 cm³/mol. The summed E-state index contributed by atoms with van der Waals surface area (Å²) >= 11 is 0. The molecule has 192 valence electrons. The maximum Gasteiger partial charge on any atom is 0.249 e. The van der Waals surface area contributed by atoms with Crippen LogP contribution in [0.1, 0.15) is 22.8 Å². The third-order valence-electron chi connectivity index (χ3n) is 6.31. The van der Waals surface area contributed by atoms with Gasteiger partial charge in [-0.05, 0) is 42.3 Å². The first kappa shape index (κ1) is 26.2. The molecule has 0 aromatic heterocycles. The fourth-order valence-electron chi connectivity index (χ4n) is 4.22. The van der Waals surface area contributed by atoms with Crippen LogP contribution in [-0.4, -0.2) is 57.5 Å². The Morgan fingerprint density at radius 3 is 2.19 bits per heavy atom. The Bertz CT molecular complexity index is 1260. The van der Waals surface area contributed by atoms with Gasteiger partial charge in [0.25, 0.3) is 0 Å². The average molecular weight is 517 g/mol. The van der Waals surface area contributed by atoms with Gasteiger partial charge in [0.1, 0.15) is 17.4 Å². The molecule has 4 rings (SSSR count). The van der Waals surface area contributed by atoms with Gasteiger partial charge in [0.05, 0.1) is 19.8 Å². The smallest absolute Gasteiger partial charge is 0.249 e. The second kappa shape index (κ2) is 11.5. The molecule has 3 aromatic rings. The van der Waals surface area contributed by atoms with Crippen LogP contribution < -0.4 is 4.74 Å². The summed E-state index contributed by atoms with van der Waals surface area (Å²) in [5.41, 5.74) is 3.17. The van der Waals surface area contributed by atoms with E-state index in [0.717, 1.165) is 39.4 Å². The Hall–Kier alpha value is -2.85. The van der Waals surface area contributed by atoms with Crippen molar-refractivity contribution in [3.05, 3.63) is 95.1 Å².